The topological polar surface area (TPSA) is 49.6 Å². The summed E-state index contributed by atoms with van der Waals surface area (Å²) >= 11 is 0. The number of carbonyl (C=O) groups is 1. The third-order valence-electron chi connectivity index (χ3n) is 5.34. The summed E-state index contributed by atoms with van der Waals surface area (Å²) in [7, 11) is 0. The standard InChI is InChI=1S/C17H33N3O/c1-2-15-8-11-20(16(12-15)13-18)14-17(21)19-9-6-4-3-5-7-10-19/h15-16H,2-14,18H2,1H3. The maximum atomic E-state index is 12.6. The van der Waals surface area contributed by atoms with E-state index in [2.05, 4.69) is 16.7 Å². The van der Waals surface area contributed by atoms with Gasteiger partial charge in [0.25, 0.3) is 0 Å². The first-order valence-corrected chi connectivity index (χ1v) is 8.96. The fourth-order valence-corrected chi connectivity index (χ4v) is 3.78. The average Bonchev–Trinajstić information content (AvgIpc) is 2.47. The van der Waals surface area contributed by atoms with Crippen LogP contribution in [-0.2, 0) is 4.79 Å². The van der Waals surface area contributed by atoms with Crippen molar-refractivity contribution in [1.29, 1.82) is 0 Å². The van der Waals surface area contributed by atoms with Crippen molar-refractivity contribution in [3.8, 4) is 0 Å². The predicted molar refractivity (Wildman–Crippen MR) is 87.1 cm³/mol. The van der Waals surface area contributed by atoms with E-state index in [1.165, 1.54) is 51.4 Å². The molecule has 0 aromatic rings. The van der Waals surface area contributed by atoms with Gasteiger partial charge in [0.05, 0.1) is 6.54 Å². The zero-order chi connectivity index (χ0) is 15.1. The van der Waals surface area contributed by atoms with Gasteiger partial charge in [-0.15, -0.1) is 0 Å². The predicted octanol–water partition coefficient (Wildman–Crippen LogP) is 2.23. The minimum Gasteiger partial charge on any atom is -0.342 e. The van der Waals surface area contributed by atoms with Crippen LogP contribution in [0.4, 0.5) is 0 Å². The summed E-state index contributed by atoms with van der Waals surface area (Å²) in [5, 5.41) is 0. The van der Waals surface area contributed by atoms with Crippen molar-refractivity contribution in [2.45, 2.75) is 64.3 Å². The summed E-state index contributed by atoms with van der Waals surface area (Å²) in [5.41, 5.74) is 5.94. The summed E-state index contributed by atoms with van der Waals surface area (Å²) in [4.78, 5) is 17.0. The van der Waals surface area contributed by atoms with E-state index in [1.54, 1.807) is 0 Å². The fraction of sp³-hybridized carbons (Fsp3) is 0.941. The highest BCUT2D eigenvalue weighted by Crippen LogP contribution is 2.25. The SMILES string of the molecule is CCC1CCN(CC(=O)N2CCCCCCC2)C(CN)C1. The molecule has 2 rings (SSSR count). The molecule has 0 bridgehead atoms. The van der Waals surface area contributed by atoms with E-state index < -0.39 is 0 Å². The third-order valence-corrected chi connectivity index (χ3v) is 5.34. The Morgan fingerprint density at radius 1 is 1.10 bits per heavy atom. The maximum absolute atomic E-state index is 12.6. The summed E-state index contributed by atoms with van der Waals surface area (Å²) in [6.07, 6.45) is 9.86. The second-order valence-electron chi connectivity index (χ2n) is 6.81. The number of likely N-dealkylation sites (tertiary alicyclic amines) is 2. The third kappa shape index (κ3) is 4.96. The first kappa shape index (κ1) is 16.8. The first-order valence-electron chi connectivity index (χ1n) is 8.96. The van der Waals surface area contributed by atoms with Gasteiger partial charge in [0.2, 0.25) is 5.91 Å². The van der Waals surface area contributed by atoms with Gasteiger partial charge in [0.1, 0.15) is 0 Å². The molecule has 2 N–H and O–H groups in total. The number of nitrogens with two attached hydrogens (primary N) is 1. The quantitative estimate of drug-likeness (QED) is 0.865. The summed E-state index contributed by atoms with van der Waals surface area (Å²) in [5.74, 6) is 1.12. The number of nitrogens with zero attached hydrogens (tertiary/aromatic N) is 2. The average molecular weight is 295 g/mol. The number of rotatable bonds is 4. The van der Waals surface area contributed by atoms with E-state index in [0.29, 0.717) is 25.0 Å². The van der Waals surface area contributed by atoms with Crippen molar-refractivity contribution < 1.29 is 4.79 Å². The molecular weight excluding hydrogens is 262 g/mol. The monoisotopic (exact) mass is 295 g/mol. The van der Waals surface area contributed by atoms with Crippen molar-refractivity contribution in [3.63, 3.8) is 0 Å². The number of carbonyl (C=O) groups excluding carboxylic acids is 1. The zero-order valence-corrected chi connectivity index (χ0v) is 13.7. The molecule has 0 radical (unpaired) electrons. The Hall–Kier alpha value is -0.610. The highest BCUT2D eigenvalue weighted by atomic mass is 16.2. The Morgan fingerprint density at radius 3 is 2.38 bits per heavy atom. The highest BCUT2D eigenvalue weighted by Gasteiger charge is 2.29. The lowest BCUT2D eigenvalue weighted by molar-refractivity contribution is -0.133. The summed E-state index contributed by atoms with van der Waals surface area (Å²) in [6, 6.07) is 0.405. The molecular formula is C17H33N3O. The normalized spacial score (nSPS) is 29.0. The summed E-state index contributed by atoms with van der Waals surface area (Å²) < 4.78 is 0. The molecule has 2 fully saturated rings. The summed E-state index contributed by atoms with van der Waals surface area (Å²) in [6.45, 7) is 6.48. The molecule has 2 heterocycles. The fourth-order valence-electron chi connectivity index (χ4n) is 3.78. The van der Waals surface area contributed by atoms with Gasteiger partial charge in [0, 0.05) is 25.7 Å². The van der Waals surface area contributed by atoms with Gasteiger partial charge in [-0.1, -0.05) is 32.6 Å². The van der Waals surface area contributed by atoms with Gasteiger partial charge in [0.15, 0.2) is 0 Å². The lowest BCUT2D eigenvalue weighted by Crippen LogP contribution is -2.51. The Balaban J connectivity index is 1.85. The molecule has 2 aliphatic heterocycles. The van der Waals surface area contributed by atoms with Crippen LogP contribution >= 0.6 is 0 Å². The molecule has 1 amide bonds. The van der Waals surface area contributed by atoms with Crippen LogP contribution in [-0.4, -0.2) is 54.5 Å². The molecule has 2 aliphatic rings. The molecule has 0 aliphatic carbocycles. The highest BCUT2D eigenvalue weighted by molar-refractivity contribution is 5.78. The smallest absolute Gasteiger partial charge is 0.236 e. The Kier molecular flexibility index (Phi) is 6.97. The molecule has 122 valence electrons. The molecule has 2 atom stereocenters. The van der Waals surface area contributed by atoms with Gasteiger partial charge >= 0.3 is 0 Å². The lowest BCUT2D eigenvalue weighted by Gasteiger charge is -2.39. The van der Waals surface area contributed by atoms with Crippen LogP contribution < -0.4 is 5.73 Å². The van der Waals surface area contributed by atoms with Crippen LogP contribution in [0, 0.1) is 5.92 Å². The van der Waals surface area contributed by atoms with Crippen molar-refractivity contribution in [1.82, 2.24) is 9.80 Å². The first-order chi connectivity index (χ1) is 10.2. The number of amides is 1. The minimum absolute atomic E-state index is 0.324. The van der Waals surface area contributed by atoms with E-state index >= 15 is 0 Å². The molecule has 4 nitrogen and oxygen atoms in total. The van der Waals surface area contributed by atoms with E-state index in [-0.39, 0.29) is 0 Å². The van der Waals surface area contributed by atoms with E-state index in [4.69, 9.17) is 5.73 Å². The van der Waals surface area contributed by atoms with Crippen LogP contribution in [0.3, 0.4) is 0 Å². The molecule has 0 spiro atoms. The van der Waals surface area contributed by atoms with Gasteiger partial charge in [-0.25, -0.2) is 0 Å². The Labute approximate surface area is 130 Å². The van der Waals surface area contributed by atoms with E-state index in [1.807, 2.05) is 0 Å². The molecule has 4 heteroatoms. The van der Waals surface area contributed by atoms with Crippen molar-refractivity contribution >= 4 is 5.91 Å². The maximum Gasteiger partial charge on any atom is 0.236 e. The Morgan fingerprint density at radius 2 is 1.76 bits per heavy atom. The van der Waals surface area contributed by atoms with Crippen LogP contribution in [0.5, 0.6) is 0 Å². The van der Waals surface area contributed by atoms with Gasteiger partial charge in [-0.3, -0.25) is 9.69 Å². The lowest BCUT2D eigenvalue weighted by atomic mass is 9.89. The second-order valence-corrected chi connectivity index (χ2v) is 6.81. The van der Waals surface area contributed by atoms with Crippen LogP contribution in [0.15, 0.2) is 0 Å². The molecule has 0 saturated carbocycles. The van der Waals surface area contributed by atoms with Crippen molar-refractivity contribution in [2.75, 3.05) is 32.7 Å². The second kappa shape index (κ2) is 8.74. The van der Waals surface area contributed by atoms with Crippen LogP contribution in [0.2, 0.25) is 0 Å². The van der Waals surface area contributed by atoms with Crippen LogP contribution in [0.1, 0.15) is 58.3 Å². The molecule has 0 aromatic carbocycles. The Bertz CT molecular complexity index is 313. The molecule has 21 heavy (non-hydrogen) atoms. The van der Waals surface area contributed by atoms with Crippen molar-refractivity contribution in [2.24, 2.45) is 11.7 Å². The number of hydrogen-bond acceptors (Lipinski definition) is 3. The van der Waals surface area contributed by atoms with Gasteiger partial charge in [-0.05, 0) is 38.1 Å². The van der Waals surface area contributed by atoms with Crippen LogP contribution in [0.25, 0.3) is 0 Å². The minimum atomic E-state index is 0.324. The molecule has 0 aromatic heterocycles. The largest absolute Gasteiger partial charge is 0.342 e. The molecule has 2 saturated heterocycles. The number of hydrogen-bond donors (Lipinski definition) is 1. The number of piperidine rings is 1. The van der Waals surface area contributed by atoms with E-state index in [0.717, 1.165) is 25.6 Å². The van der Waals surface area contributed by atoms with Gasteiger partial charge < -0.3 is 10.6 Å². The van der Waals surface area contributed by atoms with Gasteiger partial charge in [-0.2, -0.15) is 0 Å². The zero-order valence-electron chi connectivity index (χ0n) is 13.7. The molecule has 2 unspecified atom stereocenters. The van der Waals surface area contributed by atoms with Crippen molar-refractivity contribution in [3.05, 3.63) is 0 Å². The van der Waals surface area contributed by atoms with E-state index in [9.17, 15) is 4.79 Å².